The molecule has 0 aliphatic heterocycles. The molecule has 0 aliphatic carbocycles. The van der Waals surface area contributed by atoms with Gasteiger partial charge in [0.05, 0.1) is 5.75 Å². The fourth-order valence-corrected chi connectivity index (χ4v) is 2.12. The van der Waals surface area contributed by atoms with Crippen molar-refractivity contribution in [1.82, 2.24) is 5.32 Å². The number of amides is 1. The Kier molecular flexibility index (Phi) is 6.08. The predicted molar refractivity (Wildman–Crippen MR) is 72.9 cm³/mol. The Balaban J connectivity index is 2.45. The van der Waals surface area contributed by atoms with E-state index < -0.39 is 0 Å². The standard InChI is InChI=1S/C13H20N2OS/c1-10(2)7-15-8-11-4-3-5-12(6-11)17-9-13(14)16/h3-6,10,15H,7-9H2,1-2H3,(H2,14,16). The van der Waals surface area contributed by atoms with E-state index in [0.29, 0.717) is 11.7 Å². The van der Waals surface area contributed by atoms with Crippen LogP contribution in [-0.2, 0) is 11.3 Å². The van der Waals surface area contributed by atoms with Crippen LogP contribution in [0.15, 0.2) is 29.2 Å². The maximum absolute atomic E-state index is 10.7. The molecule has 0 saturated carbocycles. The largest absolute Gasteiger partial charge is 0.369 e. The van der Waals surface area contributed by atoms with Gasteiger partial charge in [-0.25, -0.2) is 0 Å². The topological polar surface area (TPSA) is 55.1 Å². The number of thioether (sulfide) groups is 1. The molecular weight excluding hydrogens is 232 g/mol. The van der Waals surface area contributed by atoms with Gasteiger partial charge in [0, 0.05) is 11.4 Å². The van der Waals surface area contributed by atoms with E-state index in [2.05, 4.69) is 31.3 Å². The van der Waals surface area contributed by atoms with E-state index in [1.54, 1.807) is 0 Å². The van der Waals surface area contributed by atoms with Gasteiger partial charge in [-0.05, 0) is 30.2 Å². The fourth-order valence-electron chi connectivity index (χ4n) is 1.40. The zero-order chi connectivity index (χ0) is 12.7. The van der Waals surface area contributed by atoms with Crippen molar-refractivity contribution in [2.75, 3.05) is 12.3 Å². The number of hydrogen-bond donors (Lipinski definition) is 2. The summed E-state index contributed by atoms with van der Waals surface area (Å²) in [5.74, 6) is 0.712. The van der Waals surface area contributed by atoms with Gasteiger partial charge in [0.2, 0.25) is 5.91 Å². The van der Waals surface area contributed by atoms with Gasteiger partial charge < -0.3 is 11.1 Å². The van der Waals surface area contributed by atoms with Crippen LogP contribution in [0.3, 0.4) is 0 Å². The summed E-state index contributed by atoms with van der Waals surface area (Å²) in [5.41, 5.74) is 6.36. The van der Waals surface area contributed by atoms with Gasteiger partial charge in [-0.2, -0.15) is 0 Å². The number of nitrogens with one attached hydrogen (secondary N) is 1. The maximum Gasteiger partial charge on any atom is 0.227 e. The second-order valence-electron chi connectivity index (χ2n) is 4.43. The van der Waals surface area contributed by atoms with Crippen LogP contribution in [0.5, 0.6) is 0 Å². The molecule has 1 amide bonds. The van der Waals surface area contributed by atoms with Crippen LogP contribution < -0.4 is 11.1 Å². The first-order chi connectivity index (χ1) is 8.08. The average molecular weight is 252 g/mol. The first kappa shape index (κ1) is 14.1. The van der Waals surface area contributed by atoms with Crippen LogP contribution in [-0.4, -0.2) is 18.2 Å². The van der Waals surface area contributed by atoms with Crippen LogP contribution in [0.1, 0.15) is 19.4 Å². The van der Waals surface area contributed by atoms with E-state index in [9.17, 15) is 4.79 Å². The second kappa shape index (κ2) is 7.35. The highest BCUT2D eigenvalue weighted by Gasteiger charge is 2.00. The Morgan fingerprint density at radius 2 is 2.24 bits per heavy atom. The third-order valence-corrected chi connectivity index (χ3v) is 3.18. The number of carbonyl (C=O) groups is 1. The first-order valence-corrected chi connectivity index (χ1v) is 6.77. The molecule has 0 aliphatic rings. The Morgan fingerprint density at radius 3 is 2.88 bits per heavy atom. The Morgan fingerprint density at radius 1 is 1.47 bits per heavy atom. The molecule has 1 rings (SSSR count). The minimum atomic E-state index is -0.279. The smallest absolute Gasteiger partial charge is 0.227 e. The highest BCUT2D eigenvalue weighted by atomic mass is 32.2. The Bertz CT molecular complexity index is 366. The lowest BCUT2D eigenvalue weighted by Crippen LogP contribution is -2.18. The number of primary amides is 1. The third kappa shape index (κ3) is 6.34. The highest BCUT2D eigenvalue weighted by Crippen LogP contribution is 2.18. The van der Waals surface area contributed by atoms with Gasteiger partial charge in [0.15, 0.2) is 0 Å². The van der Waals surface area contributed by atoms with Crippen molar-refractivity contribution in [1.29, 1.82) is 0 Å². The lowest BCUT2D eigenvalue weighted by atomic mass is 10.2. The molecule has 0 atom stereocenters. The molecule has 1 aromatic rings. The van der Waals surface area contributed by atoms with Crippen LogP contribution in [0.25, 0.3) is 0 Å². The van der Waals surface area contributed by atoms with E-state index in [1.165, 1.54) is 17.3 Å². The predicted octanol–water partition coefficient (Wildman–Crippen LogP) is 2.01. The van der Waals surface area contributed by atoms with E-state index in [-0.39, 0.29) is 5.91 Å². The van der Waals surface area contributed by atoms with Crippen molar-refractivity contribution >= 4 is 17.7 Å². The number of carbonyl (C=O) groups excluding carboxylic acids is 1. The van der Waals surface area contributed by atoms with Crippen molar-refractivity contribution in [2.45, 2.75) is 25.3 Å². The molecule has 94 valence electrons. The summed E-state index contributed by atoms with van der Waals surface area (Å²) in [7, 11) is 0. The van der Waals surface area contributed by atoms with Crippen LogP contribution in [0.4, 0.5) is 0 Å². The minimum Gasteiger partial charge on any atom is -0.369 e. The molecule has 3 nitrogen and oxygen atoms in total. The summed E-state index contributed by atoms with van der Waals surface area (Å²) >= 11 is 1.48. The molecule has 0 unspecified atom stereocenters. The highest BCUT2D eigenvalue weighted by molar-refractivity contribution is 8.00. The fraction of sp³-hybridized carbons (Fsp3) is 0.462. The molecule has 3 N–H and O–H groups in total. The van der Waals surface area contributed by atoms with Crippen molar-refractivity contribution < 1.29 is 4.79 Å². The maximum atomic E-state index is 10.7. The zero-order valence-electron chi connectivity index (χ0n) is 10.4. The van der Waals surface area contributed by atoms with Crippen LogP contribution in [0.2, 0.25) is 0 Å². The van der Waals surface area contributed by atoms with Gasteiger partial charge in [0.1, 0.15) is 0 Å². The van der Waals surface area contributed by atoms with E-state index in [0.717, 1.165) is 18.0 Å². The molecule has 1 aromatic carbocycles. The molecule has 0 saturated heterocycles. The molecule has 0 fully saturated rings. The molecule has 4 heteroatoms. The Labute approximate surface area is 107 Å². The number of benzene rings is 1. The number of rotatable bonds is 7. The van der Waals surface area contributed by atoms with Gasteiger partial charge in [-0.1, -0.05) is 26.0 Å². The lowest BCUT2D eigenvalue weighted by Gasteiger charge is -2.08. The molecule has 0 spiro atoms. The normalized spacial score (nSPS) is 10.8. The molecule has 0 heterocycles. The van der Waals surface area contributed by atoms with Gasteiger partial charge in [0.25, 0.3) is 0 Å². The minimum absolute atomic E-state index is 0.279. The SMILES string of the molecule is CC(C)CNCc1cccc(SCC(N)=O)c1. The second-order valence-corrected chi connectivity index (χ2v) is 5.48. The van der Waals surface area contributed by atoms with Gasteiger partial charge >= 0.3 is 0 Å². The van der Waals surface area contributed by atoms with Crippen LogP contribution >= 0.6 is 11.8 Å². The summed E-state index contributed by atoms with van der Waals surface area (Å²) in [6, 6.07) is 8.19. The van der Waals surface area contributed by atoms with Crippen molar-refractivity contribution in [3.05, 3.63) is 29.8 Å². The molecule has 17 heavy (non-hydrogen) atoms. The summed E-state index contributed by atoms with van der Waals surface area (Å²) in [6.45, 7) is 6.25. The Hall–Kier alpha value is -1.00. The molecule has 0 aromatic heterocycles. The lowest BCUT2D eigenvalue weighted by molar-refractivity contribution is -0.115. The monoisotopic (exact) mass is 252 g/mol. The molecule has 0 bridgehead atoms. The summed E-state index contributed by atoms with van der Waals surface area (Å²) < 4.78 is 0. The summed E-state index contributed by atoms with van der Waals surface area (Å²) in [6.07, 6.45) is 0. The van der Waals surface area contributed by atoms with Crippen LogP contribution in [0, 0.1) is 5.92 Å². The number of nitrogens with two attached hydrogens (primary N) is 1. The van der Waals surface area contributed by atoms with Gasteiger partial charge in [-0.3, -0.25) is 4.79 Å². The van der Waals surface area contributed by atoms with E-state index in [1.807, 2.05) is 12.1 Å². The van der Waals surface area contributed by atoms with Crippen molar-refractivity contribution in [2.24, 2.45) is 11.7 Å². The molecular formula is C13H20N2OS. The van der Waals surface area contributed by atoms with Gasteiger partial charge in [-0.15, -0.1) is 11.8 Å². The van der Waals surface area contributed by atoms with Crippen molar-refractivity contribution in [3.8, 4) is 0 Å². The van der Waals surface area contributed by atoms with E-state index in [4.69, 9.17) is 5.73 Å². The zero-order valence-corrected chi connectivity index (χ0v) is 11.2. The third-order valence-electron chi connectivity index (χ3n) is 2.16. The quantitative estimate of drug-likeness (QED) is 0.730. The first-order valence-electron chi connectivity index (χ1n) is 5.78. The average Bonchev–Trinajstić information content (AvgIpc) is 2.26. The number of hydrogen-bond acceptors (Lipinski definition) is 3. The molecule has 0 radical (unpaired) electrons. The van der Waals surface area contributed by atoms with E-state index >= 15 is 0 Å². The van der Waals surface area contributed by atoms with Crippen molar-refractivity contribution in [3.63, 3.8) is 0 Å². The summed E-state index contributed by atoms with van der Waals surface area (Å²) in [4.78, 5) is 11.8. The summed E-state index contributed by atoms with van der Waals surface area (Å²) in [5, 5.41) is 3.39.